The van der Waals surface area contributed by atoms with E-state index in [-0.39, 0.29) is 11.5 Å². The first kappa shape index (κ1) is 19.5. The molecule has 3 rings (SSSR count). The Bertz CT molecular complexity index is 1060. The highest BCUT2D eigenvalue weighted by molar-refractivity contribution is 7.99. The van der Waals surface area contributed by atoms with Crippen molar-refractivity contribution >= 4 is 28.4 Å². The number of nitrogens with zero attached hydrogens (tertiary/aromatic N) is 1. The predicted molar refractivity (Wildman–Crippen MR) is 114 cm³/mol. The maximum atomic E-state index is 12.9. The van der Waals surface area contributed by atoms with Crippen LogP contribution in [0, 0.1) is 27.7 Å². The van der Waals surface area contributed by atoms with Gasteiger partial charge in [-0.05, 0) is 64.1 Å². The smallest absolute Gasteiger partial charge is 0.196 e. The van der Waals surface area contributed by atoms with Crippen LogP contribution in [0.1, 0.15) is 48.0 Å². The molecular weight excluding hydrogens is 356 g/mol. The second kappa shape index (κ2) is 7.77. The van der Waals surface area contributed by atoms with E-state index in [1.807, 2.05) is 45.9 Å². The molecule has 0 aliphatic rings. The van der Waals surface area contributed by atoms with Gasteiger partial charge in [0.05, 0.1) is 22.8 Å². The number of anilines is 1. The molecule has 142 valence electrons. The van der Waals surface area contributed by atoms with Crippen LogP contribution < -0.4 is 10.7 Å². The van der Waals surface area contributed by atoms with E-state index in [1.54, 1.807) is 11.8 Å². The minimum Gasteiger partial charge on any atom is -0.449 e. The molecule has 5 heteroatoms. The van der Waals surface area contributed by atoms with Crippen molar-refractivity contribution in [2.24, 2.45) is 0 Å². The van der Waals surface area contributed by atoms with Gasteiger partial charge in [0.1, 0.15) is 5.58 Å². The highest BCUT2D eigenvalue weighted by Crippen LogP contribution is 2.32. The number of hydrogen-bond acceptors (Lipinski definition) is 5. The summed E-state index contributed by atoms with van der Waals surface area (Å²) >= 11 is 1.57. The molecule has 4 nitrogen and oxygen atoms in total. The van der Waals surface area contributed by atoms with Crippen LogP contribution in [-0.2, 0) is 0 Å². The molecule has 3 aromatic rings. The third kappa shape index (κ3) is 3.88. The van der Waals surface area contributed by atoms with Crippen LogP contribution in [0.25, 0.3) is 11.0 Å². The van der Waals surface area contributed by atoms with E-state index in [0.29, 0.717) is 21.6 Å². The van der Waals surface area contributed by atoms with Crippen molar-refractivity contribution in [2.45, 2.75) is 52.7 Å². The second-order valence-electron chi connectivity index (χ2n) is 6.96. The van der Waals surface area contributed by atoms with Gasteiger partial charge in [0, 0.05) is 16.8 Å². The van der Waals surface area contributed by atoms with Crippen molar-refractivity contribution in [3.63, 3.8) is 0 Å². The fourth-order valence-corrected chi connectivity index (χ4v) is 4.00. The Labute approximate surface area is 164 Å². The molecule has 0 radical (unpaired) electrons. The van der Waals surface area contributed by atoms with Crippen LogP contribution in [0.5, 0.6) is 0 Å². The molecule has 27 heavy (non-hydrogen) atoms. The van der Waals surface area contributed by atoms with Crippen LogP contribution in [0.15, 0.2) is 38.6 Å². The summed E-state index contributed by atoms with van der Waals surface area (Å²) in [5.74, 6) is 0.860. The van der Waals surface area contributed by atoms with E-state index >= 15 is 0 Å². The van der Waals surface area contributed by atoms with Crippen LogP contribution in [0.3, 0.4) is 0 Å². The van der Waals surface area contributed by atoms with Crippen molar-refractivity contribution < 1.29 is 4.42 Å². The Morgan fingerprint density at radius 2 is 1.93 bits per heavy atom. The molecule has 0 amide bonds. The average Bonchev–Trinajstić information content (AvgIpc) is 2.62. The lowest BCUT2D eigenvalue weighted by molar-refractivity contribution is 0.488. The molecule has 0 fully saturated rings. The molecule has 1 N–H and O–H groups in total. The zero-order valence-corrected chi connectivity index (χ0v) is 17.6. The Balaban J connectivity index is 2.13. The molecule has 0 aliphatic heterocycles. The van der Waals surface area contributed by atoms with E-state index < -0.39 is 0 Å². The van der Waals surface area contributed by atoms with Gasteiger partial charge < -0.3 is 9.73 Å². The molecule has 1 atom stereocenters. The molecule has 2 aromatic heterocycles. The lowest BCUT2D eigenvalue weighted by Gasteiger charge is -2.19. The molecule has 0 unspecified atom stereocenters. The predicted octanol–water partition coefficient (Wildman–Crippen LogP) is 5.71. The van der Waals surface area contributed by atoms with E-state index in [9.17, 15) is 4.79 Å². The van der Waals surface area contributed by atoms with Gasteiger partial charge in [-0.15, -0.1) is 0 Å². The van der Waals surface area contributed by atoms with Gasteiger partial charge in [-0.25, -0.2) is 0 Å². The molecule has 0 saturated carbocycles. The molecular formula is C22H26N2O2S. The highest BCUT2D eigenvalue weighted by Gasteiger charge is 2.18. The number of aryl methyl sites for hydroxylation is 3. The molecule has 0 aliphatic carbocycles. The Morgan fingerprint density at radius 1 is 1.19 bits per heavy atom. The van der Waals surface area contributed by atoms with Gasteiger partial charge in [-0.3, -0.25) is 9.78 Å². The number of fused-ring (bicyclic) bond motifs is 1. The van der Waals surface area contributed by atoms with E-state index in [0.717, 1.165) is 34.0 Å². The fraction of sp³-hybridized carbons (Fsp3) is 0.364. The largest absolute Gasteiger partial charge is 0.449 e. The number of nitrogens with one attached hydrogen (secondary N) is 1. The van der Waals surface area contributed by atoms with Crippen molar-refractivity contribution in [2.75, 3.05) is 11.1 Å². The summed E-state index contributed by atoms with van der Waals surface area (Å²) in [6.45, 7) is 12.0. The molecule has 1 aromatic carbocycles. The maximum absolute atomic E-state index is 12.9. The van der Waals surface area contributed by atoms with Crippen molar-refractivity contribution in [3.05, 3.63) is 62.6 Å². The zero-order valence-electron chi connectivity index (χ0n) is 16.8. The summed E-state index contributed by atoms with van der Waals surface area (Å²) in [6, 6.07) is 8.03. The van der Waals surface area contributed by atoms with Crippen LogP contribution in [0.4, 0.5) is 5.69 Å². The van der Waals surface area contributed by atoms with Crippen molar-refractivity contribution in [3.8, 4) is 0 Å². The van der Waals surface area contributed by atoms with E-state index in [2.05, 4.69) is 30.2 Å². The SMILES string of the molecule is CCSc1oc2c([C@@H](C)Nc3ccc(C)nc3C)cc(C)cc2c(=O)c1C. The summed E-state index contributed by atoms with van der Waals surface area (Å²) in [7, 11) is 0. The summed E-state index contributed by atoms with van der Waals surface area (Å²) in [5, 5.41) is 4.88. The van der Waals surface area contributed by atoms with Crippen LogP contribution >= 0.6 is 11.8 Å². The minimum atomic E-state index is -0.0269. The number of thioether (sulfide) groups is 1. The van der Waals surface area contributed by atoms with Crippen molar-refractivity contribution in [1.29, 1.82) is 0 Å². The minimum absolute atomic E-state index is 0.0269. The second-order valence-corrected chi connectivity index (χ2v) is 8.20. The summed E-state index contributed by atoms with van der Waals surface area (Å²) < 4.78 is 6.22. The number of hydrogen-bond donors (Lipinski definition) is 1. The normalized spacial score (nSPS) is 12.4. The Hall–Kier alpha value is -2.27. The van der Waals surface area contributed by atoms with E-state index in [4.69, 9.17) is 4.42 Å². The number of pyridine rings is 1. The van der Waals surface area contributed by atoms with Gasteiger partial charge in [0.2, 0.25) is 0 Å². The molecule has 2 heterocycles. The standard InChI is InChI=1S/C22H26N2O2S/c1-7-27-22-14(4)20(25)18-11-12(2)10-17(21(18)26-22)15(5)24-19-9-8-13(3)23-16(19)6/h8-11,15,24H,7H2,1-6H3/t15-/m1/s1. The summed E-state index contributed by atoms with van der Waals surface area (Å²) in [4.78, 5) is 17.4. The highest BCUT2D eigenvalue weighted by atomic mass is 32.2. The first-order valence-electron chi connectivity index (χ1n) is 9.23. The lowest BCUT2D eigenvalue weighted by atomic mass is 10.0. The first-order valence-corrected chi connectivity index (χ1v) is 10.2. The van der Waals surface area contributed by atoms with E-state index in [1.165, 1.54) is 0 Å². The van der Waals surface area contributed by atoms with Crippen LogP contribution in [0.2, 0.25) is 0 Å². The Morgan fingerprint density at radius 3 is 2.59 bits per heavy atom. The molecule has 0 saturated heterocycles. The maximum Gasteiger partial charge on any atom is 0.196 e. The summed E-state index contributed by atoms with van der Waals surface area (Å²) in [6.07, 6.45) is 0. The quantitative estimate of drug-likeness (QED) is 0.573. The fourth-order valence-electron chi connectivity index (χ4n) is 3.29. The number of aromatic nitrogens is 1. The first-order chi connectivity index (χ1) is 12.8. The van der Waals surface area contributed by atoms with Gasteiger partial charge in [0.25, 0.3) is 0 Å². The van der Waals surface area contributed by atoms with Gasteiger partial charge in [-0.2, -0.15) is 0 Å². The van der Waals surface area contributed by atoms with Gasteiger partial charge in [0.15, 0.2) is 10.5 Å². The average molecular weight is 383 g/mol. The topological polar surface area (TPSA) is 55.1 Å². The third-order valence-electron chi connectivity index (χ3n) is 4.69. The zero-order chi connectivity index (χ0) is 19.7. The molecule has 0 bridgehead atoms. The van der Waals surface area contributed by atoms with Gasteiger partial charge >= 0.3 is 0 Å². The number of benzene rings is 1. The van der Waals surface area contributed by atoms with Crippen molar-refractivity contribution in [1.82, 2.24) is 4.98 Å². The Kier molecular flexibility index (Phi) is 5.61. The van der Waals surface area contributed by atoms with Gasteiger partial charge in [-0.1, -0.05) is 24.8 Å². The lowest BCUT2D eigenvalue weighted by Crippen LogP contribution is -2.13. The summed E-state index contributed by atoms with van der Waals surface area (Å²) in [5.41, 5.74) is 6.38. The van der Waals surface area contributed by atoms with Crippen LogP contribution in [-0.4, -0.2) is 10.7 Å². The molecule has 0 spiro atoms. The monoisotopic (exact) mass is 382 g/mol. The number of rotatable bonds is 5. The third-order valence-corrected chi connectivity index (χ3v) is 5.63.